The van der Waals surface area contributed by atoms with Gasteiger partial charge in [0, 0.05) is 6.92 Å². The van der Waals surface area contributed by atoms with Crippen molar-refractivity contribution in [1.29, 1.82) is 0 Å². The Morgan fingerprint density at radius 2 is 1.75 bits per heavy atom. The topological polar surface area (TPSA) is 43.4 Å². The second-order valence-electron chi connectivity index (χ2n) is 2.57. The van der Waals surface area contributed by atoms with E-state index in [1.54, 1.807) is 13.8 Å². The lowest BCUT2D eigenvalue weighted by Crippen LogP contribution is -2.39. The first-order valence-electron chi connectivity index (χ1n) is 3.88. The van der Waals surface area contributed by atoms with E-state index in [1.807, 2.05) is 0 Å². The molecular formula is C8H13ClO3. The van der Waals surface area contributed by atoms with Crippen molar-refractivity contribution in [3.8, 4) is 0 Å². The molecule has 0 aromatic rings. The van der Waals surface area contributed by atoms with Gasteiger partial charge in [0.2, 0.25) is 0 Å². The molecule has 0 fully saturated rings. The van der Waals surface area contributed by atoms with E-state index in [9.17, 15) is 9.59 Å². The molecule has 4 heteroatoms. The minimum atomic E-state index is -1.12. The second kappa shape index (κ2) is 4.45. The molecule has 0 saturated heterocycles. The SMILES string of the molecule is CCC(CC)(OC(C)=O)C(=O)Cl. The third-order valence-electron chi connectivity index (χ3n) is 1.84. The number of rotatable bonds is 4. The Morgan fingerprint density at radius 1 is 1.33 bits per heavy atom. The number of esters is 1. The lowest BCUT2D eigenvalue weighted by molar-refractivity contribution is -0.163. The fourth-order valence-corrected chi connectivity index (χ4v) is 1.29. The summed E-state index contributed by atoms with van der Waals surface area (Å²) in [5, 5.41) is -0.609. The Labute approximate surface area is 77.0 Å². The van der Waals surface area contributed by atoms with Crippen molar-refractivity contribution >= 4 is 22.8 Å². The molecule has 0 unspecified atom stereocenters. The molecule has 0 aliphatic rings. The van der Waals surface area contributed by atoms with Crippen LogP contribution in [0, 0.1) is 0 Å². The highest BCUT2D eigenvalue weighted by atomic mass is 35.5. The molecule has 70 valence electrons. The Hall–Kier alpha value is -0.570. The molecule has 3 nitrogen and oxygen atoms in total. The van der Waals surface area contributed by atoms with Crippen LogP contribution in [0.25, 0.3) is 0 Å². The summed E-state index contributed by atoms with van der Waals surface area (Å²) in [6.45, 7) is 4.78. The zero-order valence-electron chi connectivity index (χ0n) is 7.52. The number of carbonyl (C=O) groups is 2. The van der Waals surface area contributed by atoms with Gasteiger partial charge < -0.3 is 4.74 Å². The van der Waals surface area contributed by atoms with Gasteiger partial charge in [-0.3, -0.25) is 9.59 Å². The molecule has 0 aliphatic carbocycles. The number of hydrogen-bond acceptors (Lipinski definition) is 3. The van der Waals surface area contributed by atoms with E-state index in [2.05, 4.69) is 0 Å². The van der Waals surface area contributed by atoms with Crippen molar-refractivity contribution < 1.29 is 14.3 Å². The van der Waals surface area contributed by atoms with Crippen molar-refractivity contribution in [2.45, 2.75) is 39.2 Å². The van der Waals surface area contributed by atoms with Gasteiger partial charge in [-0.15, -0.1) is 0 Å². The lowest BCUT2D eigenvalue weighted by Gasteiger charge is -2.26. The number of ether oxygens (including phenoxy) is 1. The maximum absolute atomic E-state index is 11.0. The maximum Gasteiger partial charge on any atom is 0.303 e. The zero-order valence-corrected chi connectivity index (χ0v) is 8.27. The van der Waals surface area contributed by atoms with E-state index in [1.165, 1.54) is 6.92 Å². The largest absolute Gasteiger partial charge is 0.450 e. The molecule has 0 heterocycles. The second-order valence-corrected chi connectivity index (χ2v) is 2.91. The smallest absolute Gasteiger partial charge is 0.303 e. The van der Waals surface area contributed by atoms with Gasteiger partial charge in [-0.05, 0) is 24.4 Å². The summed E-state index contributed by atoms with van der Waals surface area (Å²) in [5.41, 5.74) is -1.12. The van der Waals surface area contributed by atoms with Crippen LogP contribution in [0.1, 0.15) is 33.6 Å². The van der Waals surface area contributed by atoms with E-state index in [-0.39, 0.29) is 0 Å². The minimum Gasteiger partial charge on any atom is -0.450 e. The van der Waals surface area contributed by atoms with Crippen LogP contribution in [0.2, 0.25) is 0 Å². The standard InChI is InChI=1S/C8H13ClO3/c1-4-8(5-2,7(9)11)12-6(3)10/h4-5H2,1-3H3. The van der Waals surface area contributed by atoms with Crippen molar-refractivity contribution in [1.82, 2.24) is 0 Å². The molecule has 12 heavy (non-hydrogen) atoms. The van der Waals surface area contributed by atoms with Crippen molar-refractivity contribution in [2.75, 3.05) is 0 Å². The van der Waals surface area contributed by atoms with Crippen LogP contribution in [0.4, 0.5) is 0 Å². The summed E-state index contributed by atoms with van der Waals surface area (Å²) >= 11 is 5.33. The van der Waals surface area contributed by atoms with E-state index in [0.717, 1.165) is 0 Å². The average Bonchev–Trinajstić information content (AvgIpc) is 1.99. The molecule has 0 aliphatic heterocycles. The third-order valence-corrected chi connectivity index (χ3v) is 2.18. The van der Waals surface area contributed by atoms with Crippen LogP contribution in [0.15, 0.2) is 0 Å². The summed E-state index contributed by atoms with van der Waals surface area (Å²) in [6.07, 6.45) is 0.816. The first kappa shape index (κ1) is 11.4. The van der Waals surface area contributed by atoms with Gasteiger partial charge in [0.1, 0.15) is 0 Å². The quantitative estimate of drug-likeness (QED) is 0.505. The van der Waals surface area contributed by atoms with Gasteiger partial charge in [-0.1, -0.05) is 13.8 Å². The highest BCUT2D eigenvalue weighted by Gasteiger charge is 2.36. The lowest BCUT2D eigenvalue weighted by atomic mass is 9.99. The van der Waals surface area contributed by atoms with Crippen LogP contribution >= 0.6 is 11.6 Å². The Kier molecular flexibility index (Phi) is 4.24. The highest BCUT2D eigenvalue weighted by molar-refractivity contribution is 6.65. The van der Waals surface area contributed by atoms with E-state index in [0.29, 0.717) is 12.8 Å². The number of carbonyl (C=O) groups excluding carboxylic acids is 2. The van der Waals surface area contributed by atoms with Gasteiger partial charge in [-0.2, -0.15) is 0 Å². The fourth-order valence-electron chi connectivity index (χ4n) is 0.988. The molecule has 0 rings (SSSR count). The van der Waals surface area contributed by atoms with E-state index >= 15 is 0 Å². The molecule has 0 radical (unpaired) electrons. The molecule has 0 atom stereocenters. The van der Waals surface area contributed by atoms with E-state index < -0.39 is 16.8 Å². The molecule has 0 spiro atoms. The van der Waals surface area contributed by atoms with Gasteiger partial charge in [0.15, 0.2) is 5.60 Å². The third kappa shape index (κ3) is 2.48. The van der Waals surface area contributed by atoms with E-state index in [4.69, 9.17) is 16.3 Å². The van der Waals surface area contributed by atoms with Crippen molar-refractivity contribution in [3.05, 3.63) is 0 Å². The van der Waals surface area contributed by atoms with Gasteiger partial charge in [-0.25, -0.2) is 0 Å². The number of hydrogen-bond donors (Lipinski definition) is 0. The summed E-state index contributed by atoms with van der Waals surface area (Å²) in [4.78, 5) is 21.6. The summed E-state index contributed by atoms with van der Waals surface area (Å²) < 4.78 is 4.88. The minimum absolute atomic E-state index is 0.408. The highest BCUT2D eigenvalue weighted by Crippen LogP contribution is 2.23. The zero-order chi connectivity index (χ0) is 9.78. The molecule has 0 aromatic carbocycles. The Bertz CT molecular complexity index is 185. The molecule has 0 saturated carbocycles. The molecule has 0 bridgehead atoms. The number of halogens is 1. The molecule has 0 aromatic heterocycles. The fraction of sp³-hybridized carbons (Fsp3) is 0.750. The summed E-state index contributed by atoms with van der Waals surface area (Å²) in [6, 6.07) is 0. The van der Waals surface area contributed by atoms with Crippen molar-refractivity contribution in [3.63, 3.8) is 0 Å². The van der Waals surface area contributed by atoms with Crippen LogP contribution in [-0.2, 0) is 14.3 Å². The van der Waals surface area contributed by atoms with Gasteiger partial charge >= 0.3 is 5.97 Å². The average molecular weight is 193 g/mol. The summed E-state index contributed by atoms with van der Waals surface area (Å²) in [5.74, 6) is -0.479. The molecule has 0 amide bonds. The maximum atomic E-state index is 11.0. The predicted molar refractivity (Wildman–Crippen MR) is 45.9 cm³/mol. The van der Waals surface area contributed by atoms with Crippen LogP contribution < -0.4 is 0 Å². The first-order chi connectivity index (χ1) is 5.48. The van der Waals surface area contributed by atoms with Crippen molar-refractivity contribution in [2.24, 2.45) is 0 Å². The Balaban J connectivity index is 4.58. The van der Waals surface area contributed by atoms with Gasteiger partial charge in [0.25, 0.3) is 5.24 Å². The summed E-state index contributed by atoms with van der Waals surface area (Å²) in [7, 11) is 0. The first-order valence-corrected chi connectivity index (χ1v) is 4.25. The van der Waals surface area contributed by atoms with Gasteiger partial charge in [0.05, 0.1) is 0 Å². The molecular weight excluding hydrogens is 180 g/mol. The normalized spacial score (nSPS) is 11.0. The predicted octanol–water partition coefficient (Wildman–Crippen LogP) is 1.87. The Morgan fingerprint density at radius 3 is 1.83 bits per heavy atom. The van der Waals surface area contributed by atoms with Crippen LogP contribution in [0.5, 0.6) is 0 Å². The van der Waals surface area contributed by atoms with Crippen LogP contribution in [0.3, 0.4) is 0 Å². The van der Waals surface area contributed by atoms with Crippen LogP contribution in [-0.4, -0.2) is 16.8 Å². The monoisotopic (exact) mass is 192 g/mol. The molecule has 0 N–H and O–H groups in total.